The summed E-state index contributed by atoms with van der Waals surface area (Å²) in [7, 11) is 0. The molecule has 0 aliphatic heterocycles. The van der Waals surface area contributed by atoms with Crippen LogP contribution in [-0.2, 0) is 6.42 Å². The van der Waals surface area contributed by atoms with Crippen molar-refractivity contribution in [2.24, 2.45) is 0 Å². The lowest BCUT2D eigenvalue weighted by molar-refractivity contribution is 0.111. The van der Waals surface area contributed by atoms with Crippen LogP contribution in [-0.4, -0.2) is 12.6 Å². The summed E-state index contributed by atoms with van der Waals surface area (Å²) in [5, 5.41) is 0.613. The van der Waals surface area contributed by atoms with Crippen molar-refractivity contribution in [3.8, 4) is 0 Å². The summed E-state index contributed by atoms with van der Waals surface area (Å²) >= 11 is 5.67. The molecule has 0 radical (unpaired) electrons. The maximum absolute atomic E-state index is 10.5. The Morgan fingerprint density at radius 2 is 1.36 bits per heavy atom. The van der Waals surface area contributed by atoms with E-state index in [1.54, 1.807) is 12.1 Å². The van der Waals surface area contributed by atoms with E-state index in [4.69, 9.17) is 11.6 Å². The van der Waals surface area contributed by atoms with Gasteiger partial charge in [0.2, 0.25) is 0 Å². The molecule has 3 heteroatoms. The lowest BCUT2D eigenvalue weighted by atomic mass is 10.0. The molecule has 0 aliphatic carbocycles. The fourth-order valence-electron chi connectivity index (χ4n) is 2.38. The smallest absolute Gasteiger partial charge is 0.150 e. The fraction of sp³-hybridized carbons (Fsp3) is 0.0909. The minimum atomic E-state index is 0.613. The molecule has 25 heavy (non-hydrogen) atoms. The Labute approximate surface area is 153 Å². The highest BCUT2D eigenvalue weighted by atomic mass is 35.5. The van der Waals surface area contributed by atoms with Gasteiger partial charge >= 0.3 is 0 Å². The molecule has 0 bridgehead atoms. The fourth-order valence-corrected chi connectivity index (χ4v) is 2.68. The zero-order valence-corrected chi connectivity index (χ0v) is 14.7. The second kappa shape index (κ2) is 9.55. The second-order valence-corrected chi connectivity index (χ2v) is 6.14. The van der Waals surface area contributed by atoms with Gasteiger partial charge in [-0.25, -0.2) is 0 Å². The Hall–Kier alpha value is -2.71. The first-order valence-electron chi connectivity index (χ1n) is 7.91. The third-order valence-electron chi connectivity index (χ3n) is 3.57. The Bertz CT molecular complexity index is 804. The molecule has 0 heterocycles. The number of hydrogen-bond acceptors (Lipinski definition) is 2. The summed E-state index contributed by atoms with van der Waals surface area (Å²) in [6, 6.07) is 23.2. The van der Waals surface area contributed by atoms with Gasteiger partial charge in [0.05, 0.1) is 0 Å². The molecule has 2 nitrogen and oxygen atoms in total. The van der Waals surface area contributed by atoms with Gasteiger partial charge in [0.1, 0.15) is 12.6 Å². The van der Waals surface area contributed by atoms with E-state index in [9.17, 15) is 9.59 Å². The zero-order valence-electron chi connectivity index (χ0n) is 14.0. The highest BCUT2D eigenvalue weighted by Gasteiger charge is 1.96. The predicted octanol–water partition coefficient (Wildman–Crippen LogP) is 5.55. The van der Waals surface area contributed by atoms with Gasteiger partial charge in [0.25, 0.3) is 0 Å². The van der Waals surface area contributed by atoms with Gasteiger partial charge in [0, 0.05) is 16.1 Å². The normalized spacial score (nSPS) is 9.68. The van der Waals surface area contributed by atoms with Crippen LogP contribution in [0.25, 0.3) is 0 Å². The van der Waals surface area contributed by atoms with Crippen molar-refractivity contribution < 1.29 is 9.59 Å². The van der Waals surface area contributed by atoms with Crippen LogP contribution < -0.4 is 0 Å². The topological polar surface area (TPSA) is 34.1 Å². The standard InChI is InChI=1S/C14H12O.C8H7ClO/c15-11-14-8-6-13(7-9-14)10-12-4-2-1-3-5-12;1-6-2-7(5-10)4-8(9)3-6/h1-9,11H,10H2;2-5H,1H3. The molecule has 126 valence electrons. The first-order valence-corrected chi connectivity index (χ1v) is 8.29. The molecule has 0 unspecified atom stereocenters. The largest absolute Gasteiger partial charge is 0.298 e. The molecule has 0 spiro atoms. The maximum Gasteiger partial charge on any atom is 0.150 e. The summed E-state index contributed by atoms with van der Waals surface area (Å²) < 4.78 is 0. The van der Waals surface area contributed by atoms with E-state index in [1.807, 2.05) is 55.5 Å². The number of halogens is 1. The van der Waals surface area contributed by atoms with Crippen molar-refractivity contribution in [1.82, 2.24) is 0 Å². The average Bonchev–Trinajstić information content (AvgIpc) is 2.63. The number of aryl methyl sites for hydroxylation is 1. The maximum atomic E-state index is 10.5. The predicted molar refractivity (Wildman–Crippen MR) is 103 cm³/mol. The number of hydrogen-bond donors (Lipinski definition) is 0. The third kappa shape index (κ3) is 6.36. The molecular formula is C22H19ClO2. The Kier molecular flexibility index (Phi) is 7.12. The second-order valence-electron chi connectivity index (χ2n) is 5.70. The monoisotopic (exact) mass is 350 g/mol. The minimum absolute atomic E-state index is 0.613. The molecular weight excluding hydrogens is 332 g/mol. The minimum Gasteiger partial charge on any atom is -0.298 e. The summed E-state index contributed by atoms with van der Waals surface area (Å²) in [6.07, 6.45) is 2.57. The van der Waals surface area contributed by atoms with Crippen LogP contribution in [0.5, 0.6) is 0 Å². The number of aldehydes is 2. The summed E-state index contributed by atoms with van der Waals surface area (Å²) in [5.74, 6) is 0. The molecule has 0 fully saturated rings. The van der Waals surface area contributed by atoms with Gasteiger partial charge in [0.15, 0.2) is 0 Å². The molecule has 3 aromatic rings. The summed E-state index contributed by atoms with van der Waals surface area (Å²) in [4.78, 5) is 20.7. The van der Waals surface area contributed by atoms with E-state index >= 15 is 0 Å². The lowest BCUT2D eigenvalue weighted by Gasteiger charge is -2.01. The van der Waals surface area contributed by atoms with Crippen LogP contribution in [0.4, 0.5) is 0 Å². The van der Waals surface area contributed by atoms with Crippen molar-refractivity contribution in [2.45, 2.75) is 13.3 Å². The average molecular weight is 351 g/mol. The van der Waals surface area contributed by atoms with Crippen LogP contribution in [0.3, 0.4) is 0 Å². The van der Waals surface area contributed by atoms with E-state index in [1.165, 1.54) is 11.1 Å². The quantitative estimate of drug-likeness (QED) is 0.578. The SMILES string of the molecule is Cc1cc(Cl)cc(C=O)c1.O=Cc1ccc(Cc2ccccc2)cc1. The Balaban J connectivity index is 0.000000196. The number of carbonyl (C=O) groups is 2. The molecule has 0 saturated heterocycles. The van der Waals surface area contributed by atoms with Crippen LogP contribution in [0.1, 0.15) is 37.4 Å². The van der Waals surface area contributed by atoms with Gasteiger partial charge < -0.3 is 0 Å². The molecule has 0 N–H and O–H groups in total. The highest BCUT2D eigenvalue weighted by molar-refractivity contribution is 6.30. The molecule has 3 aromatic carbocycles. The third-order valence-corrected chi connectivity index (χ3v) is 3.79. The molecule has 0 saturated carbocycles. The van der Waals surface area contributed by atoms with Gasteiger partial charge in [-0.05, 0) is 48.2 Å². The Morgan fingerprint density at radius 1 is 0.760 bits per heavy atom. The number of rotatable bonds is 4. The zero-order chi connectivity index (χ0) is 18.1. The van der Waals surface area contributed by atoms with Gasteiger partial charge in [-0.15, -0.1) is 0 Å². The van der Waals surface area contributed by atoms with Crippen molar-refractivity contribution in [3.05, 3.63) is 106 Å². The van der Waals surface area contributed by atoms with E-state index in [0.717, 1.165) is 30.1 Å². The first-order chi connectivity index (χ1) is 12.1. The molecule has 0 aliphatic rings. The molecule has 3 rings (SSSR count). The van der Waals surface area contributed by atoms with Crippen LogP contribution >= 0.6 is 11.6 Å². The Morgan fingerprint density at radius 3 is 1.92 bits per heavy atom. The van der Waals surface area contributed by atoms with E-state index < -0.39 is 0 Å². The van der Waals surface area contributed by atoms with Crippen LogP contribution in [0.2, 0.25) is 5.02 Å². The summed E-state index contributed by atoms with van der Waals surface area (Å²) in [6.45, 7) is 1.90. The molecule has 0 amide bonds. The van der Waals surface area contributed by atoms with Crippen molar-refractivity contribution >= 4 is 24.2 Å². The van der Waals surface area contributed by atoms with E-state index in [2.05, 4.69) is 12.1 Å². The lowest BCUT2D eigenvalue weighted by Crippen LogP contribution is -1.88. The van der Waals surface area contributed by atoms with Gasteiger partial charge in [-0.3, -0.25) is 9.59 Å². The van der Waals surface area contributed by atoms with E-state index in [0.29, 0.717) is 10.6 Å². The van der Waals surface area contributed by atoms with Crippen molar-refractivity contribution in [2.75, 3.05) is 0 Å². The number of benzene rings is 3. The van der Waals surface area contributed by atoms with Gasteiger partial charge in [-0.1, -0.05) is 66.2 Å². The van der Waals surface area contributed by atoms with Crippen LogP contribution in [0, 0.1) is 6.92 Å². The van der Waals surface area contributed by atoms with Crippen molar-refractivity contribution in [1.29, 1.82) is 0 Å². The van der Waals surface area contributed by atoms with Crippen molar-refractivity contribution in [3.63, 3.8) is 0 Å². The first kappa shape index (κ1) is 18.6. The molecule has 0 atom stereocenters. The van der Waals surface area contributed by atoms with E-state index in [-0.39, 0.29) is 0 Å². The number of carbonyl (C=O) groups excluding carboxylic acids is 2. The highest BCUT2D eigenvalue weighted by Crippen LogP contribution is 2.12. The molecule has 0 aromatic heterocycles. The summed E-state index contributed by atoms with van der Waals surface area (Å²) in [5.41, 5.74) is 4.88. The van der Waals surface area contributed by atoms with Crippen LogP contribution in [0.15, 0.2) is 72.8 Å². The van der Waals surface area contributed by atoms with Gasteiger partial charge in [-0.2, -0.15) is 0 Å².